The number of hydrogen-bond acceptors (Lipinski definition) is 2. The van der Waals surface area contributed by atoms with Gasteiger partial charge in [0.15, 0.2) is 5.75 Å². The van der Waals surface area contributed by atoms with Crippen LogP contribution in [0.15, 0.2) is 28.9 Å². The van der Waals surface area contributed by atoms with Crippen LogP contribution in [-0.4, -0.2) is 11.6 Å². The third-order valence-corrected chi connectivity index (χ3v) is 3.25. The summed E-state index contributed by atoms with van der Waals surface area (Å²) in [6.07, 6.45) is 1.74. The largest absolute Gasteiger partial charge is 0.489 e. The van der Waals surface area contributed by atoms with Crippen LogP contribution in [0.4, 0.5) is 0 Å². The number of aromatic nitrogens is 1. The number of fused-ring (bicyclic) bond motifs is 1. The molecule has 0 unspecified atom stereocenters. The summed E-state index contributed by atoms with van der Waals surface area (Å²) in [4.78, 5) is 4.34. The van der Waals surface area contributed by atoms with Crippen molar-refractivity contribution in [3.63, 3.8) is 0 Å². The van der Waals surface area contributed by atoms with E-state index in [1.807, 2.05) is 18.2 Å². The summed E-state index contributed by atoms with van der Waals surface area (Å²) >= 11 is 9.68. The van der Waals surface area contributed by atoms with Crippen LogP contribution in [0.2, 0.25) is 5.02 Å². The fourth-order valence-electron chi connectivity index (χ4n) is 1.53. The quantitative estimate of drug-likeness (QED) is 0.820. The summed E-state index contributed by atoms with van der Waals surface area (Å²) in [6.45, 7) is 4.83. The van der Waals surface area contributed by atoms with Crippen LogP contribution < -0.4 is 4.74 Å². The number of benzene rings is 1. The van der Waals surface area contributed by atoms with Crippen molar-refractivity contribution in [2.45, 2.75) is 13.8 Å². The highest BCUT2D eigenvalue weighted by atomic mass is 79.9. The molecule has 0 radical (unpaired) electrons. The van der Waals surface area contributed by atoms with Crippen LogP contribution in [0.3, 0.4) is 0 Å². The molecule has 0 amide bonds. The molecule has 0 spiro atoms. The van der Waals surface area contributed by atoms with Crippen molar-refractivity contribution < 1.29 is 4.74 Å². The smallest absolute Gasteiger partial charge is 0.164 e. The minimum atomic E-state index is 0.452. The van der Waals surface area contributed by atoms with Gasteiger partial charge in [0.1, 0.15) is 5.52 Å². The Hall–Kier alpha value is -0.800. The number of pyridine rings is 1. The van der Waals surface area contributed by atoms with Gasteiger partial charge in [-0.1, -0.05) is 47.4 Å². The molecule has 1 heterocycles. The van der Waals surface area contributed by atoms with E-state index in [-0.39, 0.29) is 0 Å². The molecule has 0 aliphatic rings. The minimum absolute atomic E-state index is 0.452. The van der Waals surface area contributed by atoms with Gasteiger partial charge in [-0.15, -0.1) is 0 Å². The highest BCUT2D eigenvalue weighted by Gasteiger charge is 2.12. The molecule has 2 aromatic rings. The number of halogens is 2. The Labute approximate surface area is 114 Å². The van der Waals surface area contributed by atoms with E-state index in [1.165, 1.54) is 0 Å². The van der Waals surface area contributed by atoms with E-state index in [0.717, 1.165) is 15.4 Å². The molecule has 2 rings (SSSR count). The Bertz CT molecular complexity index is 542. The summed E-state index contributed by atoms with van der Waals surface area (Å²) in [5, 5.41) is 1.60. The minimum Gasteiger partial charge on any atom is -0.489 e. The van der Waals surface area contributed by atoms with Gasteiger partial charge in [-0.05, 0) is 18.1 Å². The van der Waals surface area contributed by atoms with Gasteiger partial charge < -0.3 is 4.74 Å². The normalized spacial score (nSPS) is 11.1. The lowest BCUT2D eigenvalue weighted by molar-refractivity contribution is 0.274. The standard InChI is InChI=1S/C13H13BrClNO/c1-8(2)7-17-13-11(15)6-10(14)9-4-3-5-16-12(9)13/h3-6,8H,7H2,1-2H3. The molecule has 0 N–H and O–H groups in total. The Morgan fingerprint density at radius 2 is 2.24 bits per heavy atom. The predicted octanol–water partition coefficient (Wildman–Crippen LogP) is 4.69. The number of ether oxygens (including phenoxy) is 1. The Kier molecular flexibility index (Phi) is 3.89. The second kappa shape index (κ2) is 5.23. The van der Waals surface area contributed by atoms with E-state index in [9.17, 15) is 0 Å². The monoisotopic (exact) mass is 313 g/mol. The molecule has 0 atom stereocenters. The Balaban J connectivity index is 2.53. The van der Waals surface area contributed by atoms with Crippen LogP contribution in [0.1, 0.15) is 13.8 Å². The SMILES string of the molecule is CC(C)COc1c(Cl)cc(Br)c2cccnc12. The van der Waals surface area contributed by atoms with Crippen molar-refractivity contribution in [1.82, 2.24) is 4.98 Å². The van der Waals surface area contributed by atoms with Crippen molar-refractivity contribution in [3.05, 3.63) is 33.9 Å². The lowest BCUT2D eigenvalue weighted by Gasteiger charge is -2.13. The maximum atomic E-state index is 6.20. The van der Waals surface area contributed by atoms with Crippen LogP contribution in [0.5, 0.6) is 5.75 Å². The summed E-state index contributed by atoms with van der Waals surface area (Å²) in [5.74, 6) is 1.12. The third-order valence-electron chi connectivity index (χ3n) is 2.31. The molecule has 0 saturated carbocycles. The van der Waals surface area contributed by atoms with E-state index >= 15 is 0 Å². The number of rotatable bonds is 3. The molecule has 4 heteroatoms. The molecular weight excluding hydrogens is 302 g/mol. The first-order chi connectivity index (χ1) is 8.09. The average Bonchev–Trinajstić information content (AvgIpc) is 2.28. The first kappa shape index (κ1) is 12.7. The molecule has 0 fully saturated rings. The highest BCUT2D eigenvalue weighted by Crippen LogP contribution is 2.37. The lowest BCUT2D eigenvalue weighted by atomic mass is 10.2. The molecule has 0 aliphatic carbocycles. The molecule has 1 aromatic carbocycles. The van der Waals surface area contributed by atoms with Gasteiger partial charge in [0.25, 0.3) is 0 Å². The highest BCUT2D eigenvalue weighted by molar-refractivity contribution is 9.10. The molecule has 17 heavy (non-hydrogen) atoms. The van der Waals surface area contributed by atoms with Crippen LogP contribution >= 0.6 is 27.5 Å². The Morgan fingerprint density at radius 1 is 1.47 bits per heavy atom. The van der Waals surface area contributed by atoms with Crippen LogP contribution in [0.25, 0.3) is 10.9 Å². The average molecular weight is 315 g/mol. The molecule has 0 saturated heterocycles. The van der Waals surface area contributed by atoms with E-state index in [0.29, 0.717) is 23.3 Å². The molecule has 1 aromatic heterocycles. The van der Waals surface area contributed by atoms with Gasteiger partial charge >= 0.3 is 0 Å². The zero-order valence-electron chi connectivity index (χ0n) is 9.71. The van der Waals surface area contributed by atoms with Crippen LogP contribution in [-0.2, 0) is 0 Å². The molecular formula is C13H13BrClNO. The van der Waals surface area contributed by atoms with Gasteiger partial charge in [0.2, 0.25) is 0 Å². The van der Waals surface area contributed by atoms with E-state index in [1.54, 1.807) is 6.20 Å². The maximum absolute atomic E-state index is 6.20. The van der Waals surface area contributed by atoms with Crippen LogP contribution in [0, 0.1) is 5.92 Å². The summed E-state index contributed by atoms with van der Waals surface area (Å²) in [5.41, 5.74) is 0.799. The fraction of sp³-hybridized carbons (Fsp3) is 0.308. The fourth-order valence-corrected chi connectivity index (χ4v) is 2.47. The van der Waals surface area contributed by atoms with Crippen molar-refractivity contribution >= 4 is 38.4 Å². The zero-order chi connectivity index (χ0) is 12.4. The van der Waals surface area contributed by atoms with E-state index in [2.05, 4.69) is 34.8 Å². The van der Waals surface area contributed by atoms with Crippen molar-refractivity contribution in [1.29, 1.82) is 0 Å². The molecule has 90 valence electrons. The molecule has 0 bridgehead atoms. The lowest BCUT2D eigenvalue weighted by Crippen LogP contribution is -2.05. The zero-order valence-corrected chi connectivity index (χ0v) is 12.0. The third kappa shape index (κ3) is 2.72. The summed E-state index contributed by atoms with van der Waals surface area (Å²) in [7, 11) is 0. The first-order valence-corrected chi connectivity index (χ1v) is 6.62. The summed E-state index contributed by atoms with van der Waals surface area (Å²) in [6, 6.07) is 5.74. The van der Waals surface area contributed by atoms with Gasteiger partial charge in [-0.2, -0.15) is 0 Å². The summed E-state index contributed by atoms with van der Waals surface area (Å²) < 4.78 is 6.68. The number of hydrogen-bond donors (Lipinski definition) is 0. The number of nitrogens with zero attached hydrogens (tertiary/aromatic N) is 1. The van der Waals surface area contributed by atoms with E-state index in [4.69, 9.17) is 16.3 Å². The topological polar surface area (TPSA) is 22.1 Å². The molecule has 0 aliphatic heterocycles. The van der Waals surface area contributed by atoms with E-state index < -0.39 is 0 Å². The second-order valence-electron chi connectivity index (χ2n) is 4.27. The van der Waals surface area contributed by atoms with Crippen molar-refractivity contribution in [2.24, 2.45) is 5.92 Å². The predicted molar refractivity (Wildman–Crippen MR) is 74.8 cm³/mol. The second-order valence-corrected chi connectivity index (χ2v) is 5.54. The Morgan fingerprint density at radius 3 is 2.94 bits per heavy atom. The van der Waals surface area contributed by atoms with Crippen molar-refractivity contribution in [2.75, 3.05) is 6.61 Å². The van der Waals surface area contributed by atoms with Gasteiger partial charge in [-0.25, -0.2) is 0 Å². The van der Waals surface area contributed by atoms with Gasteiger partial charge in [0, 0.05) is 16.1 Å². The van der Waals surface area contributed by atoms with Gasteiger partial charge in [-0.3, -0.25) is 4.98 Å². The molecule has 2 nitrogen and oxygen atoms in total. The van der Waals surface area contributed by atoms with Gasteiger partial charge in [0.05, 0.1) is 11.6 Å². The first-order valence-electron chi connectivity index (χ1n) is 5.45. The van der Waals surface area contributed by atoms with Crippen molar-refractivity contribution in [3.8, 4) is 5.75 Å². The maximum Gasteiger partial charge on any atom is 0.164 e.